The van der Waals surface area contributed by atoms with E-state index in [9.17, 15) is 0 Å². The van der Waals surface area contributed by atoms with Crippen LogP contribution in [0, 0.1) is 12.8 Å². The zero-order chi connectivity index (χ0) is 15.9. The van der Waals surface area contributed by atoms with Crippen LogP contribution in [0.15, 0.2) is 6.20 Å². The van der Waals surface area contributed by atoms with Crippen LogP contribution in [-0.2, 0) is 16.8 Å². The van der Waals surface area contributed by atoms with Gasteiger partial charge in [-0.25, -0.2) is 4.98 Å². The fourth-order valence-corrected chi connectivity index (χ4v) is 4.75. The van der Waals surface area contributed by atoms with Gasteiger partial charge in [0.25, 0.3) is 0 Å². The Balaban J connectivity index is 1.45. The Hall–Kier alpha value is -0.910. The second kappa shape index (κ2) is 6.19. The number of fused-ring (bicyclic) bond motifs is 2. The van der Waals surface area contributed by atoms with Gasteiger partial charge < -0.3 is 14.2 Å². The first-order valence-electron chi connectivity index (χ1n) is 9.23. The summed E-state index contributed by atoms with van der Waals surface area (Å²) < 4.78 is 7.95. The predicted octanol–water partition coefficient (Wildman–Crippen LogP) is 1.85. The molecule has 23 heavy (non-hydrogen) atoms. The third-order valence-electron chi connectivity index (χ3n) is 6.40. The van der Waals surface area contributed by atoms with Crippen molar-refractivity contribution in [1.29, 1.82) is 0 Å². The lowest BCUT2D eigenvalue weighted by molar-refractivity contribution is -0.00439. The lowest BCUT2D eigenvalue weighted by Crippen LogP contribution is -2.56. The summed E-state index contributed by atoms with van der Waals surface area (Å²) in [6.07, 6.45) is 6.97. The number of rotatable bonds is 2. The monoisotopic (exact) mass is 318 g/mol. The number of aryl methyl sites for hydroxylation is 1. The molecule has 0 unspecified atom stereocenters. The van der Waals surface area contributed by atoms with Gasteiger partial charge in [-0.3, -0.25) is 4.90 Å². The molecule has 1 aromatic heterocycles. The fourth-order valence-electron chi connectivity index (χ4n) is 4.75. The van der Waals surface area contributed by atoms with Gasteiger partial charge in [0.15, 0.2) is 0 Å². The van der Waals surface area contributed by atoms with E-state index in [4.69, 9.17) is 9.72 Å². The lowest BCUT2D eigenvalue weighted by atomic mass is 9.83. The largest absolute Gasteiger partial charge is 0.381 e. The van der Waals surface area contributed by atoms with E-state index < -0.39 is 0 Å². The molecule has 0 bridgehead atoms. The molecule has 3 aliphatic rings. The third-order valence-corrected chi connectivity index (χ3v) is 6.40. The van der Waals surface area contributed by atoms with Crippen molar-refractivity contribution in [2.75, 3.05) is 46.4 Å². The summed E-state index contributed by atoms with van der Waals surface area (Å²) in [6, 6.07) is 0. The number of piperidine rings is 1. The van der Waals surface area contributed by atoms with E-state index in [1.54, 1.807) is 0 Å². The van der Waals surface area contributed by atoms with E-state index >= 15 is 0 Å². The van der Waals surface area contributed by atoms with E-state index in [0.717, 1.165) is 32.2 Å². The van der Waals surface area contributed by atoms with Crippen molar-refractivity contribution in [1.82, 2.24) is 19.4 Å². The normalized spacial score (nSPS) is 26.5. The minimum absolute atomic E-state index is 0.165. The summed E-state index contributed by atoms with van der Waals surface area (Å²) in [5, 5.41) is 0. The Labute approximate surface area is 139 Å². The van der Waals surface area contributed by atoms with Crippen molar-refractivity contribution in [3.63, 3.8) is 0 Å². The molecule has 0 amide bonds. The average Bonchev–Trinajstić information content (AvgIpc) is 2.96. The van der Waals surface area contributed by atoms with Gasteiger partial charge in [-0.1, -0.05) is 0 Å². The highest BCUT2D eigenvalue weighted by Crippen LogP contribution is 2.40. The lowest BCUT2D eigenvalue weighted by Gasteiger charge is -2.50. The highest BCUT2D eigenvalue weighted by atomic mass is 16.5. The predicted molar refractivity (Wildman–Crippen MR) is 90.5 cm³/mol. The third kappa shape index (κ3) is 2.73. The van der Waals surface area contributed by atoms with Crippen molar-refractivity contribution in [2.45, 2.75) is 44.7 Å². The minimum atomic E-state index is 0.165. The van der Waals surface area contributed by atoms with Crippen molar-refractivity contribution in [3.05, 3.63) is 17.7 Å². The molecule has 2 saturated heterocycles. The summed E-state index contributed by atoms with van der Waals surface area (Å²) in [5.74, 6) is 2.15. The summed E-state index contributed by atoms with van der Waals surface area (Å²) in [7, 11) is 2.29. The highest BCUT2D eigenvalue weighted by molar-refractivity contribution is 5.18. The quantitative estimate of drug-likeness (QED) is 0.833. The minimum Gasteiger partial charge on any atom is -0.381 e. The number of hydrogen-bond donors (Lipinski definition) is 0. The number of nitrogens with zero attached hydrogens (tertiary/aromatic N) is 4. The van der Waals surface area contributed by atoms with Crippen LogP contribution >= 0.6 is 0 Å². The molecule has 3 aliphatic heterocycles. The number of likely N-dealkylation sites (N-methyl/N-ethyl adjacent to an activating group) is 1. The standard InChI is InChI=1S/C18H30N4O/c1-15-13-19-17-18(20(2)9-10-22(15)17)5-7-21(8-6-18)14-16-3-11-23-12-4-16/h13,16H,3-12,14H2,1-2H3. The van der Waals surface area contributed by atoms with Crippen LogP contribution in [-0.4, -0.2) is 65.8 Å². The summed E-state index contributed by atoms with van der Waals surface area (Å²) in [5.41, 5.74) is 1.48. The topological polar surface area (TPSA) is 33.5 Å². The summed E-state index contributed by atoms with van der Waals surface area (Å²) >= 11 is 0. The molecule has 0 N–H and O–H groups in total. The number of aromatic nitrogens is 2. The molecule has 0 aromatic carbocycles. The Morgan fingerprint density at radius 2 is 1.91 bits per heavy atom. The Morgan fingerprint density at radius 3 is 2.65 bits per heavy atom. The zero-order valence-electron chi connectivity index (χ0n) is 14.6. The van der Waals surface area contributed by atoms with Crippen molar-refractivity contribution < 1.29 is 4.74 Å². The second-order valence-corrected chi connectivity index (χ2v) is 7.68. The van der Waals surface area contributed by atoms with Gasteiger partial charge in [-0.15, -0.1) is 0 Å². The molecular formula is C18H30N4O. The molecule has 2 fully saturated rings. The number of hydrogen-bond acceptors (Lipinski definition) is 4. The average molecular weight is 318 g/mol. The SMILES string of the molecule is Cc1cnc2n1CCN(C)C21CCN(CC2CCOCC2)CC1. The van der Waals surface area contributed by atoms with E-state index in [0.29, 0.717) is 0 Å². The van der Waals surface area contributed by atoms with Gasteiger partial charge in [-0.2, -0.15) is 0 Å². The summed E-state index contributed by atoms with van der Waals surface area (Å²) in [6.45, 7) is 10.0. The number of likely N-dealkylation sites (tertiary alicyclic amines) is 1. The Kier molecular flexibility index (Phi) is 4.20. The maximum absolute atomic E-state index is 5.50. The van der Waals surface area contributed by atoms with Crippen LogP contribution in [0.2, 0.25) is 0 Å². The summed E-state index contributed by atoms with van der Waals surface area (Å²) in [4.78, 5) is 10.1. The zero-order valence-corrected chi connectivity index (χ0v) is 14.6. The van der Waals surface area contributed by atoms with Crippen molar-refractivity contribution >= 4 is 0 Å². The van der Waals surface area contributed by atoms with Gasteiger partial charge in [0.1, 0.15) is 5.82 Å². The molecule has 1 aromatic rings. The first-order valence-corrected chi connectivity index (χ1v) is 9.23. The molecule has 4 heterocycles. The first-order chi connectivity index (χ1) is 11.2. The molecule has 5 heteroatoms. The van der Waals surface area contributed by atoms with Crippen LogP contribution in [0.3, 0.4) is 0 Å². The molecule has 0 aliphatic carbocycles. The molecule has 0 atom stereocenters. The van der Waals surface area contributed by atoms with Gasteiger partial charge in [0, 0.05) is 57.8 Å². The van der Waals surface area contributed by atoms with Gasteiger partial charge in [-0.05, 0) is 45.6 Å². The van der Waals surface area contributed by atoms with Crippen LogP contribution in [0.1, 0.15) is 37.2 Å². The molecule has 0 radical (unpaired) electrons. The molecule has 128 valence electrons. The maximum Gasteiger partial charge on any atom is 0.129 e. The second-order valence-electron chi connectivity index (χ2n) is 7.68. The highest BCUT2D eigenvalue weighted by Gasteiger charge is 2.45. The molecule has 1 spiro atoms. The van der Waals surface area contributed by atoms with Crippen LogP contribution in [0.5, 0.6) is 0 Å². The van der Waals surface area contributed by atoms with Gasteiger partial charge >= 0.3 is 0 Å². The number of imidazole rings is 1. The van der Waals surface area contributed by atoms with Crippen molar-refractivity contribution in [2.24, 2.45) is 5.92 Å². The maximum atomic E-state index is 5.50. The Bertz CT molecular complexity index is 541. The van der Waals surface area contributed by atoms with Crippen LogP contribution < -0.4 is 0 Å². The van der Waals surface area contributed by atoms with Gasteiger partial charge in [0.2, 0.25) is 0 Å². The Morgan fingerprint density at radius 1 is 1.17 bits per heavy atom. The van der Waals surface area contributed by atoms with Crippen molar-refractivity contribution in [3.8, 4) is 0 Å². The van der Waals surface area contributed by atoms with E-state index in [1.165, 1.54) is 56.8 Å². The smallest absolute Gasteiger partial charge is 0.129 e. The molecular weight excluding hydrogens is 288 g/mol. The first kappa shape index (κ1) is 15.6. The molecule has 5 nitrogen and oxygen atoms in total. The number of ether oxygens (including phenoxy) is 1. The van der Waals surface area contributed by atoms with Crippen LogP contribution in [0.4, 0.5) is 0 Å². The molecule has 0 saturated carbocycles. The van der Waals surface area contributed by atoms with Gasteiger partial charge in [0.05, 0.1) is 5.54 Å². The van der Waals surface area contributed by atoms with E-state index in [1.807, 2.05) is 0 Å². The van der Waals surface area contributed by atoms with E-state index in [-0.39, 0.29) is 5.54 Å². The van der Waals surface area contributed by atoms with E-state index in [2.05, 4.69) is 34.5 Å². The fraction of sp³-hybridized carbons (Fsp3) is 0.833. The van der Waals surface area contributed by atoms with Crippen LogP contribution in [0.25, 0.3) is 0 Å². The molecule has 4 rings (SSSR count).